The summed E-state index contributed by atoms with van der Waals surface area (Å²) in [5, 5.41) is 11.4. The fourth-order valence-corrected chi connectivity index (χ4v) is 1.48. The number of nitrogens with zero attached hydrogens (tertiary/aromatic N) is 1. The Balaban J connectivity index is 2.89. The highest BCUT2D eigenvalue weighted by Gasteiger charge is 2.15. The Labute approximate surface area is 101 Å². The lowest BCUT2D eigenvalue weighted by molar-refractivity contribution is 0.244. The minimum atomic E-state index is -0.580. The third-order valence-electron chi connectivity index (χ3n) is 1.98. The number of amidine groups is 1. The van der Waals surface area contributed by atoms with Crippen LogP contribution in [-0.2, 0) is 0 Å². The predicted octanol–water partition coefficient (Wildman–Crippen LogP) is 2.49. The van der Waals surface area contributed by atoms with E-state index in [9.17, 15) is 4.39 Å². The minimum absolute atomic E-state index is 0.0429. The molecule has 0 aliphatic carbocycles. The van der Waals surface area contributed by atoms with Gasteiger partial charge in [0.15, 0.2) is 11.9 Å². The number of ether oxygens (including phenoxy) is 1. The van der Waals surface area contributed by atoms with Crippen LogP contribution in [0.5, 0.6) is 5.75 Å². The molecule has 0 saturated heterocycles. The molecule has 0 aliphatic heterocycles. The quantitative estimate of drug-likeness (QED) is 0.387. The van der Waals surface area contributed by atoms with Crippen molar-refractivity contribution >= 4 is 21.8 Å². The predicted molar refractivity (Wildman–Crippen MR) is 62.2 cm³/mol. The van der Waals surface area contributed by atoms with Crippen LogP contribution in [0, 0.1) is 5.82 Å². The van der Waals surface area contributed by atoms with Crippen molar-refractivity contribution in [3.8, 4) is 5.75 Å². The van der Waals surface area contributed by atoms with Crippen molar-refractivity contribution < 1.29 is 14.3 Å². The third-order valence-corrected chi connectivity index (χ3v) is 2.63. The summed E-state index contributed by atoms with van der Waals surface area (Å²) in [5.74, 6) is -0.135. The van der Waals surface area contributed by atoms with Crippen LogP contribution in [0.15, 0.2) is 27.8 Å². The molecule has 1 aromatic carbocycles. The summed E-state index contributed by atoms with van der Waals surface area (Å²) in [6.07, 6.45) is -0.0677. The van der Waals surface area contributed by atoms with Crippen LogP contribution >= 0.6 is 15.9 Å². The van der Waals surface area contributed by atoms with Gasteiger partial charge >= 0.3 is 0 Å². The van der Waals surface area contributed by atoms with Gasteiger partial charge in [0.2, 0.25) is 0 Å². The van der Waals surface area contributed by atoms with Crippen molar-refractivity contribution in [1.29, 1.82) is 0 Å². The molecule has 0 heterocycles. The van der Waals surface area contributed by atoms with Gasteiger partial charge < -0.3 is 15.7 Å². The summed E-state index contributed by atoms with van der Waals surface area (Å²) in [5.41, 5.74) is 5.43. The van der Waals surface area contributed by atoms with Gasteiger partial charge in [0.05, 0.1) is 4.47 Å². The van der Waals surface area contributed by atoms with Gasteiger partial charge in [-0.25, -0.2) is 4.39 Å². The normalized spacial score (nSPS) is 13.6. The van der Waals surface area contributed by atoms with Crippen molar-refractivity contribution in [2.75, 3.05) is 0 Å². The average molecular weight is 291 g/mol. The average Bonchev–Trinajstić information content (AvgIpc) is 2.29. The Hall–Kier alpha value is -1.30. The minimum Gasteiger partial charge on any atom is -0.481 e. The first kappa shape index (κ1) is 12.8. The Morgan fingerprint density at radius 1 is 1.69 bits per heavy atom. The standard InChI is InChI=1S/C10H12BrFN2O2/c1-2-8(10(13)14-15)16-9-5-6(12)3-4-7(9)11/h3-5,8,15H,2H2,1H3,(H2,13,14). The zero-order chi connectivity index (χ0) is 12.1. The molecule has 6 heteroatoms. The van der Waals surface area contributed by atoms with Crippen molar-refractivity contribution in [3.63, 3.8) is 0 Å². The van der Waals surface area contributed by atoms with Crippen molar-refractivity contribution in [3.05, 3.63) is 28.5 Å². The molecule has 88 valence electrons. The van der Waals surface area contributed by atoms with E-state index in [4.69, 9.17) is 15.7 Å². The van der Waals surface area contributed by atoms with Crippen LogP contribution in [-0.4, -0.2) is 17.1 Å². The highest BCUT2D eigenvalue weighted by molar-refractivity contribution is 9.10. The Morgan fingerprint density at radius 3 is 2.94 bits per heavy atom. The Bertz CT molecular complexity index is 398. The molecule has 4 nitrogen and oxygen atoms in total. The molecule has 0 bridgehead atoms. The molecular weight excluding hydrogens is 279 g/mol. The number of rotatable bonds is 4. The zero-order valence-electron chi connectivity index (χ0n) is 8.65. The SMILES string of the molecule is CCC(Oc1cc(F)ccc1Br)/C(N)=N/O. The largest absolute Gasteiger partial charge is 0.481 e. The molecule has 0 aliphatic rings. The topological polar surface area (TPSA) is 67.8 Å². The van der Waals surface area contributed by atoms with Crippen LogP contribution in [0.25, 0.3) is 0 Å². The third kappa shape index (κ3) is 3.10. The van der Waals surface area contributed by atoms with Gasteiger partial charge in [0.25, 0.3) is 0 Å². The van der Waals surface area contributed by atoms with E-state index in [1.54, 1.807) is 0 Å². The highest BCUT2D eigenvalue weighted by Crippen LogP contribution is 2.26. The number of hydrogen-bond acceptors (Lipinski definition) is 3. The molecule has 0 fully saturated rings. The van der Waals surface area contributed by atoms with Gasteiger partial charge in [-0.15, -0.1) is 0 Å². The number of halogens is 2. The maximum atomic E-state index is 13.0. The summed E-state index contributed by atoms with van der Waals surface area (Å²) in [6.45, 7) is 1.82. The summed E-state index contributed by atoms with van der Waals surface area (Å²) >= 11 is 3.22. The fraction of sp³-hybridized carbons (Fsp3) is 0.300. The van der Waals surface area contributed by atoms with Crippen LogP contribution < -0.4 is 10.5 Å². The molecule has 16 heavy (non-hydrogen) atoms. The Kier molecular flexibility index (Phi) is 4.54. The smallest absolute Gasteiger partial charge is 0.180 e. The van der Waals surface area contributed by atoms with E-state index in [1.807, 2.05) is 6.92 Å². The lowest BCUT2D eigenvalue weighted by atomic mass is 10.2. The van der Waals surface area contributed by atoms with Crippen LogP contribution in [0.3, 0.4) is 0 Å². The molecule has 0 saturated carbocycles. The van der Waals surface area contributed by atoms with E-state index in [-0.39, 0.29) is 5.84 Å². The number of benzene rings is 1. The summed E-state index contributed by atoms with van der Waals surface area (Å²) in [6, 6.07) is 4.07. The molecule has 3 N–H and O–H groups in total. The summed E-state index contributed by atoms with van der Waals surface area (Å²) < 4.78 is 19.0. The number of oxime groups is 1. The molecule has 0 aromatic heterocycles. The second-order valence-electron chi connectivity index (χ2n) is 3.11. The first-order chi connectivity index (χ1) is 7.58. The van der Waals surface area contributed by atoms with Gasteiger partial charge in [-0.3, -0.25) is 0 Å². The van der Waals surface area contributed by atoms with Crippen molar-refractivity contribution in [1.82, 2.24) is 0 Å². The van der Waals surface area contributed by atoms with Crippen LogP contribution in [0.2, 0.25) is 0 Å². The molecule has 0 radical (unpaired) electrons. The van der Waals surface area contributed by atoms with Gasteiger partial charge in [0, 0.05) is 6.07 Å². The highest BCUT2D eigenvalue weighted by atomic mass is 79.9. The molecular formula is C10H12BrFN2O2. The maximum absolute atomic E-state index is 13.0. The molecule has 1 unspecified atom stereocenters. The Morgan fingerprint density at radius 2 is 2.38 bits per heavy atom. The fourth-order valence-electron chi connectivity index (χ4n) is 1.14. The molecule has 1 atom stereocenters. The molecule has 0 amide bonds. The van der Waals surface area contributed by atoms with Gasteiger partial charge in [-0.2, -0.15) is 0 Å². The zero-order valence-corrected chi connectivity index (χ0v) is 10.2. The van der Waals surface area contributed by atoms with E-state index in [0.29, 0.717) is 16.6 Å². The second-order valence-corrected chi connectivity index (χ2v) is 3.97. The van der Waals surface area contributed by atoms with Gasteiger partial charge in [0.1, 0.15) is 11.6 Å². The second kappa shape index (κ2) is 5.69. The van der Waals surface area contributed by atoms with Crippen LogP contribution in [0.4, 0.5) is 4.39 Å². The lowest BCUT2D eigenvalue weighted by Gasteiger charge is -2.16. The van der Waals surface area contributed by atoms with Crippen LogP contribution in [0.1, 0.15) is 13.3 Å². The summed E-state index contributed by atoms with van der Waals surface area (Å²) in [4.78, 5) is 0. The van der Waals surface area contributed by atoms with Gasteiger partial charge in [-0.05, 0) is 34.5 Å². The first-order valence-electron chi connectivity index (χ1n) is 4.67. The van der Waals surface area contributed by atoms with E-state index >= 15 is 0 Å². The number of nitrogens with two attached hydrogens (primary N) is 1. The maximum Gasteiger partial charge on any atom is 0.180 e. The van der Waals surface area contributed by atoms with E-state index in [2.05, 4.69) is 21.1 Å². The van der Waals surface area contributed by atoms with Crippen molar-refractivity contribution in [2.45, 2.75) is 19.4 Å². The van der Waals surface area contributed by atoms with Crippen molar-refractivity contribution in [2.24, 2.45) is 10.9 Å². The first-order valence-corrected chi connectivity index (χ1v) is 5.47. The van der Waals surface area contributed by atoms with E-state index in [1.165, 1.54) is 18.2 Å². The molecule has 1 rings (SSSR count). The molecule has 1 aromatic rings. The van der Waals surface area contributed by atoms with Gasteiger partial charge in [-0.1, -0.05) is 12.1 Å². The van der Waals surface area contributed by atoms with E-state index in [0.717, 1.165) is 0 Å². The monoisotopic (exact) mass is 290 g/mol. The lowest BCUT2D eigenvalue weighted by Crippen LogP contribution is -2.33. The molecule has 0 spiro atoms. The van der Waals surface area contributed by atoms with E-state index < -0.39 is 11.9 Å². The number of hydrogen-bond donors (Lipinski definition) is 2. The summed E-state index contributed by atoms with van der Waals surface area (Å²) in [7, 11) is 0.